The van der Waals surface area contributed by atoms with Crippen LogP contribution in [-0.4, -0.2) is 88.0 Å². The summed E-state index contributed by atoms with van der Waals surface area (Å²) < 4.78 is 11.1. The molecule has 0 aromatic rings. The molecule has 3 aliphatic rings. The Labute approximate surface area is 133 Å². The molecule has 0 bridgehead atoms. The van der Waals surface area contributed by atoms with E-state index in [1.807, 2.05) is 7.05 Å². The SMILES string of the molecule is CN=C(NCC1CCCO1)N1CCN(CC2CCOC2)CC1. The van der Waals surface area contributed by atoms with Gasteiger partial charge in [-0.15, -0.1) is 0 Å². The van der Waals surface area contributed by atoms with Gasteiger partial charge in [-0.05, 0) is 25.2 Å². The van der Waals surface area contributed by atoms with E-state index < -0.39 is 0 Å². The lowest BCUT2D eigenvalue weighted by atomic mass is 10.1. The molecule has 3 rings (SSSR count). The summed E-state index contributed by atoms with van der Waals surface area (Å²) >= 11 is 0. The summed E-state index contributed by atoms with van der Waals surface area (Å²) in [5.74, 6) is 1.77. The van der Waals surface area contributed by atoms with Crippen molar-refractivity contribution in [2.45, 2.75) is 25.4 Å². The van der Waals surface area contributed by atoms with Gasteiger partial charge >= 0.3 is 0 Å². The Hall–Kier alpha value is -0.850. The fourth-order valence-corrected chi connectivity index (χ4v) is 3.58. The van der Waals surface area contributed by atoms with E-state index >= 15 is 0 Å². The molecule has 3 fully saturated rings. The van der Waals surface area contributed by atoms with E-state index in [-0.39, 0.29) is 0 Å². The number of aliphatic imine (C=N–C) groups is 1. The quantitative estimate of drug-likeness (QED) is 0.601. The zero-order valence-corrected chi connectivity index (χ0v) is 13.8. The minimum absolute atomic E-state index is 0.361. The summed E-state index contributed by atoms with van der Waals surface area (Å²) in [5, 5.41) is 3.48. The zero-order chi connectivity index (χ0) is 15.2. The van der Waals surface area contributed by atoms with Gasteiger partial charge in [0.05, 0.1) is 12.7 Å². The third-order valence-electron chi connectivity index (χ3n) is 4.94. The van der Waals surface area contributed by atoms with E-state index in [4.69, 9.17) is 9.47 Å². The van der Waals surface area contributed by atoms with E-state index in [1.165, 1.54) is 25.8 Å². The highest BCUT2D eigenvalue weighted by Crippen LogP contribution is 2.15. The largest absolute Gasteiger partial charge is 0.381 e. The number of hydrogen-bond donors (Lipinski definition) is 1. The van der Waals surface area contributed by atoms with E-state index in [9.17, 15) is 0 Å². The molecule has 6 heteroatoms. The summed E-state index contributed by atoms with van der Waals surface area (Å²) in [5.41, 5.74) is 0. The fourth-order valence-electron chi connectivity index (χ4n) is 3.58. The zero-order valence-electron chi connectivity index (χ0n) is 13.8. The van der Waals surface area contributed by atoms with Gasteiger partial charge in [0.2, 0.25) is 0 Å². The van der Waals surface area contributed by atoms with Crippen molar-refractivity contribution < 1.29 is 9.47 Å². The number of rotatable bonds is 4. The van der Waals surface area contributed by atoms with Crippen LogP contribution >= 0.6 is 0 Å². The standard InChI is InChI=1S/C16H30N4O2/c1-17-16(18-11-15-3-2-9-22-15)20-7-5-19(6-8-20)12-14-4-10-21-13-14/h14-15H,2-13H2,1H3,(H,17,18). The highest BCUT2D eigenvalue weighted by atomic mass is 16.5. The van der Waals surface area contributed by atoms with Crippen LogP contribution in [0.5, 0.6) is 0 Å². The van der Waals surface area contributed by atoms with Crippen LogP contribution in [-0.2, 0) is 9.47 Å². The first kappa shape index (κ1) is 16.0. The molecule has 6 nitrogen and oxygen atoms in total. The molecule has 0 aromatic carbocycles. The third kappa shape index (κ3) is 4.33. The Balaban J connectivity index is 1.38. The van der Waals surface area contributed by atoms with E-state index in [0.29, 0.717) is 6.10 Å². The third-order valence-corrected chi connectivity index (χ3v) is 4.94. The molecule has 3 aliphatic heterocycles. The Morgan fingerprint density at radius 3 is 2.68 bits per heavy atom. The van der Waals surface area contributed by atoms with Crippen molar-refractivity contribution in [1.29, 1.82) is 0 Å². The highest BCUT2D eigenvalue weighted by molar-refractivity contribution is 5.80. The first-order valence-corrected chi connectivity index (χ1v) is 8.72. The molecule has 1 N–H and O–H groups in total. The summed E-state index contributed by atoms with van der Waals surface area (Å²) in [6, 6.07) is 0. The van der Waals surface area contributed by atoms with Crippen molar-refractivity contribution in [2.75, 3.05) is 66.1 Å². The van der Waals surface area contributed by atoms with Gasteiger partial charge in [-0.1, -0.05) is 0 Å². The molecule has 22 heavy (non-hydrogen) atoms. The van der Waals surface area contributed by atoms with Crippen LogP contribution in [0, 0.1) is 5.92 Å². The van der Waals surface area contributed by atoms with Crippen LogP contribution in [0.4, 0.5) is 0 Å². The molecule has 0 amide bonds. The lowest BCUT2D eigenvalue weighted by Gasteiger charge is -2.37. The summed E-state index contributed by atoms with van der Waals surface area (Å²) in [4.78, 5) is 9.38. The predicted molar refractivity (Wildman–Crippen MR) is 87.3 cm³/mol. The molecule has 0 saturated carbocycles. The summed E-state index contributed by atoms with van der Waals surface area (Å²) in [7, 11) is 1.88. The monoisotopic (exact) mass is 310 g/mol. The maximum Gasteiger partial charge on any atom is 0.193 e. The molecule has 3 heterocycles. The summed E-state index contributed by atoms with van der Waals surface area (Å²) in [6.07, 6.45) is 3.95. The van der Waals surface area contributed by atoms with Crippen molar-refractivity contribution in [3.8, 4) is 0 Å². The average molecular weight is 310 g/mol. The molecule has 2 atom stereocenters. The van der Waals surface area contributed by atoms with Gasteiger partial charge in [-0.2, -0.15) is 0 Å². The second kappa shape index (κ2) is 8.13. The Kier molecular flexibility index (Phi) is 5.92. The van der Waals surface area contributed by atoms with E-state index in [0.717, 1.165) is 64.4 Å². The minimum Gasteiger partial charge on any atom is -0.381 e. The number of guanidine groups is 1. The molecule has 0 aliphatic carbocycles. The van der Waals surface area contributed by atoms with Gasteiger partial charge in [-0.25, -0.2) is 0 Å². The van der Waals surface area contributed by atoms with Crippen molar-refractivity contribution in [3.63, 3.8) is 0 Å². The smallest absolute Gasteiger partial charge is 0.193 e. The number of nitrogens with zero attached hydrogens (tertiary/aromatic N) is 3. The lowest BCUT2D eigenvalue weighted by Crippen LogP contribution is -2.53. The first-order valence-electron chi connectivity index (χ1n) is 8.72. The Bertz CT molecular complexity index is 357. The molecule has 126 valence electrons. The van der Waals surface area contributed by atoms with Crippen molar-refractivity contribution in [3.05, 3.63) is 0 Å². The van der Waals surface area contributed by atoms with Gasteiger partial charge in [-0.3, -0.25) is 9.89 Å². The van der Waals surface area contributed by atoms with Crippen LogP contribution in [0.25, 0.3) is 0 Å². The van der Waals surface area contributed by atoms with Crippen LogP contribution in [0.2, 0.25) is 0 Å². The Morgan fingerprint density at radius 2 is 2.05 bits per heavy atom. The van der Waals surface area contributed by atoms with E-state index in [2.05, 4.69) is 20.1 Å². The number of piperazine rings is 1. The van der Waals surface area contributed by atoms with Crippen LogP contribution < -0.4 is 5.32 Å². The molecule has 3 saturated heterocycles. The molecular weight excluding hydrogens is 280 g/mol. The second-order valence-corrected chi connectivity index (χ2v) is 6.58. The van der Waals surface area contributed by atoms with Crippen LogP contribution in [0.15, 0.2) is 4.99 Å². The molecular formula is C16H30N4O2. The van der Waals surface area contributed by atoms with Crippen LogP contribution in [0.1, 0.15) is 19.3 Å². The number of hydrogen-bond acceptors (Lipinski definition) is 4. The van der Waals surface area contributed by atoms with Crippen molar-refractivity contribution in [2.24, 2.45) is 10.9 Å². The van der Waals surface area contributed by atoms with E-state index in [1.54, 1.807) is 0 Å². The van der Waals surface area contributed by atoms with Crippen molar-refractivity contribution >= 4 is 5.96 Å². The predicted octanol–water partition coefficient (Wildman–Crippen LogP) is 0.395. The molecule has 0 radical (unpaired) electrons. The second-order valence-electron chi connectivity index (χ2n) is 6.58. The number of nitrogens with one attached hydrogen (secondary N) is 1. The molecule has 0 aromatic heterocycles. The van der Waals surface area contributed by atoms with Gasteiger partial charge in [0, 0.05) is 59.5 Å². The van der Waals surface area contributed by atoms with Gasteiger partial charge < -0.3 is 19.7 Å². The highest BCUT2D eigenvalue weighted by Gasteiger charge is 2.24. The first-order chi connectivity index (χ1) is 10.8. The summed E-state index contributed by atoms with van der Waals surface area (Å²) in [6.45, 7) is 9.23. The number of ether oxygens (including phenoxy) is 2. The Morgan fingerprint density at radius 1 is 1.18 bits per heavy atom. The van der Waals surface area contributed by atoms with Gasteiger partial charge in [0.25, 0.3) is 0 Å². The normalized spacial score (nSPS) is 31.0. The average Bonchev–Trinajstić information content (AvgIpc) is 3.23. The minimum atomic E-state index is 0.361. The molecule has 0 spiro atoms. The topological polar surface area (TPSA) is 49.3 Å². The molecule has 2 unspecified atom stereocenters. The van der Waals surface area contributed by atoms with Crippen molar-refractivity contribution in [1.82, 2.24) is 15.1 Å². The fraction of sp³-hybridized carbons (Fsp3) is 0.938. The maximum absolute atomic E-state index is 5.67. The van der Waals surface area contributed by atoms with Gasteiger partial charge in [0.1, 0.15) is 0 Å². The maximum atomic E-state index is 5.67. The lowest BCUT2D eigenvalue weighted by molar-refractivity contribution is 0.111. The van der Waals surface area contributed by atoms with Crippen LogP contribution in [0.3, 0.4) is 0 Å². The van der Waals surface area contributed by atoms with Gasteiger partial charge in [0.15, 0.2) is 5.96 Å².